The summed E-state index contributed by atoms with van der Waals surface area (Å²) >= 11 is 0. The maximum absolute atomic E-state index is 12.6. The van der Waals surface area contributed by atoms with E-state index in [2.05, 4.69) is 51.3 Å². The molecule has 2 aromatic carbocycles. The molecule has 0 unspecified atom stereocenters. The third-order valence-electron chi connectivity index (χ3n) is 5.83. The molecule has 0 aromatic heterocycles. The molecule has 0 atom stereocenters. The molecule has 2 rings (SSSR count). The lowest BCUT2D eigenvalue weighted by atomic mass is 10.3. The molecule has 0 aliphatic heterocycles. The second-order valence-corrected chi connectivity index (χ2v) is 12.8. The molecular weight excluding hydrogens is 568 g/mol. The van der Waals surface area contributed by atoms with Gasteiger partial charge in [0.05, 0.1) is 21.2 Å². The lowest BCUT2D eigenvalue weighted by molar-refractivity contribution is 0.321. The Morgan fingerprint density at radius 3 is 1.00 bits per heavy atom. The first kappa shape index (κ1) is 36.7. The highest BCUT2D eigenvalue weighted by molar-refractivity contribution is 7.91. The van der Waals surface area contributed by atoms with Gasteiger partial charge in [0.15, 0.2) is 0 Å². The first-order chi connectivity index (χ1) is 17.9. The van der Waals surface area contributed by atoms with Gasteiger partial charge in [-0.25, -0.2) is 8.42 Å². The van der Waals surface area contributed by atoms with E-state index in [1.165, 1.54) is 39.3 Å². The molecule has 224 valence electrons. The van der Waals surface area contributed by atoms with Crippen molar-refractivity contribution in [3.63, 3.8) is 0 Å². The normalized spacial score (nSPS) is 11.9. The second kappa shape index (κ2) is 16.1. The minimum atomic E-state index is -4.78. The zero-order valence-corrected chi connectivity index (χ0v) is 25.8. The number of hydrogen-bond donors (Lipinski definition) is 4. The van der Waals surface area contributed by atoms with E-state index < -0.39 is 49.7 Å². The van der Waals surface area contributed by atoms with Gasteiger partial charge in [0, 0.05) is 0 Å². The van der Waals surface area contributed by atoms with Crippen molar-refractivity contribution < 1.29 is 34.4 Å². The van der Waals surface area contributed by atoms with Gasteiger partial charge in [0.25, 0.3) is 20.2 Å². The molecule has 6 N–H and O–H groups in total. The van der Waals surface area contributed by atoms with Crippen molar-refractivity contribution in [2.24, 2.45) is 0 Å². The Kier molecular flexibility index (Phi) is 15.2. The van der Waals surface area contributed by atoms with Crippen molar-refractivity contribution in [1.29, 1.82) is 0 Å². The van der Waals surface area contributed by atoms with Crippen LogP contribution in [-0.2, 0) is 30.1 Å². The minimum Gasteiger partial charge on any atom is -0.398 e. The van der Waals surface area contributed by atoms with Gasteiger partial charge in [-0.3, -0.25) is 9.11 Å². The van der Waals surface area contributed by atoms with E-state index in [9.17, 15) is 25.3 Å². The Bertz CT molecular complexity index is 1260. The quantitative estimate of drug-likeness (QED) is 0.227. The largest absolute Gasteiger partial charge is 0.398 e. The predicted octanol–water partition coefficient (Wildman–Crippen LogP) is 2.87. The Balaban J connectivity index is 0.000000848. The fourth-order valence-electron chi connectivity index (χ4n) is 3.29. The molecule has 0 spiro atoms. The monoisotopic (exact) mass is 610 g/mol. The summed E-state index contributed by atoms with van der Waals surface area (Å²) in [6.07, 6.45) is 0. The molecular formula is C24H42N4O8S3. The van der Waals surface area contributed by atoms with E-state index in [1.807, 2.05) is 0 Å². The fourth-order valence-corrected chi connectivity index (χ4v) is 6.03. The zero-order chi connectivity index (χ0) is 30.6. The molecule has 0 amide bonds. The van der Waals surface area contributed by atoms with E-state index in [1.54, 1.807) is 0 Å². The van der Waals surface area contributed by atoms with Crippen LogP contribution in [0, 0.1) is 0 Å². The van der Waals surface area contributed by atoms with E-state index in [4.69, 9.17) is 20.6 Å². The topological polar surface area (TPSA) is 201 Å². The summed E-state index contributed by atoms with van der Waals surface area (Å²) in [7, 11) is -14.0. The fraction of sp³-hybridized carbons (Fsp3) is 0.500. The van der Waals surface area contributed by atoms with Crippen LogP contribution < -0.4 is 11.5 Å². The lowest BCUT2D eigenvalue weighted by Crippen LogP contribution is -2.21. The standard InChI is InChI=1S/C12H12N2O8S3.2C6H15N/c13-9-3-1-7(5-11(9)24(17,18)19)23(15,16)8-2-4-10(14)12(6-8)25(20,21)22;2*1-4-7(5-2)6-3/h1-6H,13-14H2,(H,17,18,19)(H,20,21,22);2*4-6H2,1-3H3. The first-order valence-electron chi connectivity index (χ1n) is 12.4. The van der Waals surface area contributed by atoms with Crippen molar-refractivity contribution in [2.75, 3.05) is 50.7 Å². The van der Waals surface area contributed by atoms with Crippen LogP contribution >= 0.6 is 0 Å². The summed E-state index contributed by atoms with van der Waals surface area (Å²) in [6.45, 7) is 20.2. The molecule has 0 bridgehead atoms. The summed E-state index contributed by atoms with van der Waals surface area (Å²) in [4.78, 5) is 1.97. The van der Waals surface area contributed by atoms with Crippen LogP contribution in [0.2, 0.25) is 0 Å². The number of anilines is 2. The maximum Gasteiger partial charge on any atom is 0.296 e. The van der Waals surface area contributed by atoms with E-state index >= 15 is 0 Å². The third-order valence-corrected chi connectivity index (χ3v) is 9.40. The van der Waals surface area contributed by atoms with Gasteiger partial charge in [0.1, 0.15) is 9.79 Å². The highest BCUT2D eigenvalue weighted by atomic mass is 32.2. The molecule has 2 aromatic rings. The van der Waals surface area contributed by atoms with Gasteiger partial charge in [-0.2, -0.15) is 16.8 Å². The van der Waals surface area contributed by atoms with Crippen LogP contribution in [0.4, 0.5) is 11.4 Å². The summed E-state index contributed by atoms with van der Waals surface area (Å²) in [5, 5.41) is 0. The van der Waals surface area contributed by atoms with E-state index in [0.29, 0.717) is 12.1 Å². The molecule has 0 fully saturated rings. The average molecular weight is 611 g/mol. The smallest absolute Gasteiger partial charge is 0.296 e. The number of nitrogens with zero attached hydrogens (tertiary/aromatic N) is 2. The number of nitrogen functional groups attached to an aromatic ring is 2. The predicted molar refractivity (Wildman–Crippen MR) is 154 cm³/mol. The molecule has 0 radical (unpaired) electrons. The number of benzene rings is 2. The number of nitrogens with two attached hydrogens (primary N) is 2. The van der Waals surface area contributed by atoms with Gasteiger partial charge in [-0.15, -0.1) is 0 Å². The Hall–Kier alpha value is -2.27. The van der Waals surface area contributed by atoms with Gasteiger partial charge in [0.2, 0.25) is 9.84 Å². The van der Waals surface area contributed by atoms with Crippen molar-refractivity contribution in [3.05, 3.63) is 36.4 Å². The lowest BCUT2D eigenvalue weighted by Gasteiger charge is -2.13. The van der Waals surface area contributed by atoms with Gasteiger partial charge >= 0.3 is 0 Å². The molecule has 12 nitrogen and oxygen atoms in total. The average Bonchev–Trinajstić information content (AvgIpc) is 2.86. The Morgan fingerprint density at radius 1 is 0.564 bits per heavy atom. The van der Waals surface area contributed by atoms with Crippen LogP contribution in [0.3, 0.4) is 0 Å². The van der Waals surface area contributed by atoms with Crippen LogP contribution in [0.5, 0.6) is 0 Å². The second-order valence-electron chi connectivity index (χ2n) is 8.09. The van der Waals surface area contributed by atoms with Gasteiger partial charge in [-0.1, -0.05) is 41.5 Å². The van der Waals surface area contributed by atoms with Crippen molar-refractivity contribution in [2.45, 2.75) is 61.1 Å². The van der Waals surface area contributed by atoms with Gasteiger partial charge in [-0.05, 0) is 75.7 Å². The van der Waals surface area contributed by atoms with Crippen molar-refractivity contribution in [1.82, 2.24) is 9.80 Å². The molecule has 0 aliphatic carbocycles. The summed E-state index contributed by atoms with van der Waals surface area (Å²) < 4.78 is 88.3. The number of sulfone groups is 1. The highest BCUT2D eigenvalue weighted by Crippen LogP contribution is 2.29. The molecule has 0 saturated heterocycles. The summed E-state index contributed by atoms with van der Waals surface area (Å²) in [5.74, 6) is 0. The van der Waals surface area contributed by atoms with Gasteiger partial charge < -0.3 is 21.3 Å². The van der Waals surface area contributed by atoms with Crippen LogP contribution in [-0.4, -0.2) is 83.4 Å². The molecule has 0 aliphatic rings. The Morgan fingerprint density at radius 2 is 0.821 bits per heavy atom. The Labute approximate surface area is 233 Å². The van der Waals surface area contributed by atoms with Crippen LogP contribution in [0.25, 0.3) is 0 Å². The van der Waals surface area contributed by atoms with E-state index in [0.717, 1.165) is 24.3 Å². The molecule has 0 heterocycles. The van der Waals surface area contributed by atoms with Crippen molar-refractivity contribution in [3.8, 4) is 0 Å². The summed E-state index contributed by atoms with van der Waals surface area (Å²) in [6, 6.07) is 5.12. The van der Waals surface area contributed by atoms with E-state index in [-0.39, 0.29) is 11.4 Å². The zero-order valence-electron chi connectivity index (χ0n) is 23.3. The molecule has 0 saturated carbocycles. The minimum absolute atomic E-state index is 0.377. The molecule has 39 heavy (non-hydrogen) atoms. The number of rotatable bonds is 10. The molecule has 15 heteroatoms. The maximum atomic E-state index is 12.6. The van der Waals surface area contributed by atoms with Crippen LogP contribution in [0.15, 0.2) is 56.0 Å². The SMILES string of the molecule is CCN(CC)CC.CCN(CC)CC.Nc1ccc(S(=O)(=O)c2ccc(N)c(S(=O)(=O)O)c2)cc1S(=O)(=O)O. The highest BCUT2D eigenvalue weighted by Gasteiger charge is 2.25. The summed E-state index contributed by atoms with van der Waals surface area (Å²) in [5.41, 5.74) is 10.0. The third kappa shape index (κ3) is 11.4. The number of hydrogen-bond acceptors (Lipinski definition) is 10. The van der Waals surface area contributed by atoms with Crippen molar-refractivity contribution >= 4 is 41.4 Å². The van der Waals surface area contributed by atoms with Crippen LogP contribution in [0.1, 0.15) is 41.5 Å². The first-order valence-corrected chi connectivity index (χ1v) is 16.7.